The standard InChI is InChI=1S/C21H25F3NO6P/c22-21(23,24)31-19-3-1-2-18(12-19)29-11-9-15-4-6-16(7-5-15)17-8-10-20(25,13-17)14-30-32(26,27)28/h1-7,12,17H,8-11,13-14,25H2,(H2,26,27,28)/t17-,20+/m1/s1. The van der Waals surface area contributed by atoms with Crippen molar-refractivity contribution in [2.24, 2.45) is 5.73 Å². The molecule has 1 fully saturated rings. The van der Waals surface area contributed by atoms with Crippen LogP contribution in [0.2, 0.25) is 0 Å². The molecule has 7 nitrogen and oxygen atoms in total. The third-order valence-electron chi connectivity index (χ3n) is 5.31. The molecule has 1 saturated carbocycles. The minimum Gasteiger partial charge on any atom is -0.493 e. The average Bonchev–Trinajstić information content (AvgIpc) is 3.08. The van der Waals surface area contributed by atoms with Crippen LogP contribution in [-0.2, 0) is 15.5 Å². The summed E-state index contributed by atoms with van der Waals surface area (Å²) in [5, 5.41) is 0. The van der Waals surface area contributed by atoms with Gasteiger partial charge in [-0.25, -0.2) is 4.57 Å². The van der Waals surface area contributed by atoms with Gasteiger partial charge in [0, 0.05) is 18.0 Å². The van der Waals surface area contributed by atoms with E-state index < -0.39 is 19.7 Å². The molecule has 1 aliphatic carbocycles. The lowest BCUT2D eigenvalue weighted by Gasteiger charge is -2.24. The molecular formula is C21H25F3NO6P. The van der Waals surface area contributed by atoms with Gasteiger partial charge in [-0.3, -0.25) is 4.52 Å². The summed E-state index contributed by atoms with van der Waals surface area (Å²) in [7, 11) is -4.55. The molecule has 0 bridgehead atoms. The first-order valence-corrected chi connectivity index (χ1v) is 11.5. The highest BCUT2D eigenvalue weighted by Gasteiger charge is 2.38. The topological polar surface area (TPSA) is 111 Å². The number of benzene rings is 2. The van der Waals surface area contributed by atoms with Crippen molar-refractivity contribution in [3.63, 3.8) is 0 Å². The molecule has 2 atom stereocenters. The lowest BCUT2D eigenvalue weighted by molar-refractivity contribution is -0.274. The highest BCUT2D eigenvalue weighted by atomic mass is 31.2. The highest BCUT2D eigenvalue weighted by Crippen LogP contribution is 2.43. The fraction of sp³-hybridized carbons (Fsp3) is 0.429. The average molecular weight is 475 g/mol. The predicted octanol–water partition coefficient (Wildman–Crippen LogP) is 4.28. The Kier molecular flexibility index (Phi) is 7.52. The number of alkyl halides is 3. The van der Waals surface area contributed by atoms with E-state index in [0.29, 0.717) is 19.3 Å². The van der Waals surface area contributed by atoms with Crippen LogP contribution in [-0.4, -0.2) is 34.9 Å². The first-order chi connectivity index (χ1) is 14.9. The van der Waals surface area contributed by atoms with Crippen molar-refractivity contribution in [2.45, 2.75) is 43.5 Å². The van der Waals surface area contributed by atoms with Gasteiger partial charge >= 0.3 is 14.2 Å². The third kappa shape index (κ3) is 7.79. The van der Waals surface area contributed by atoms with Gasteiger partial charge in [0.05, 0.1) is 13.2 Å². The van der Waals surface area contributed by atoms with Crippen LogP contribution in [0.25, 0.3) is 0 Å². The number of hydrogen-bond acceptors (Lipinski definition) is 5. The van der Waals surface area contributed by atoms with E-state index in [-0.39, 0.29) is 30.6 Å². The van der Waals surface area contributed by atoms with Crippen LogP contribution in [0.5, 0.6) is 11.5 Å². The first kappa shape index (κ1) is 24.5. The number of halogens is 3. The Morgan fingerprint density at radius 2 is 1.81 bits per heavy atom. The van der Waals surface area contributed by atoms with Gasteiger partial charge in [-0.2, -0.15) is 0 Å². The maximum atomic E-state index is 12.3. The molecule has 4 N–H and O–H groups in total. The number of hydrogen-bond donors (Lipinski definition) is 3. The fourth-order valence-corrected chi connectivity index (χ4v) is 4.21. The van der Waals surface area contributed by atoms with E-state index in [9.17, 15) is 17.7 Å². The van der Waals surface area contributed by atoms with Crippen LogP contribution in [0.3, 0.4) is 0 Å². The largest absolute Gasteiger partial charge is 0.573 e. The zero-order valence-electron chi connectivity index (χ0n) is 17.1. The molecule has 0 unspecified atom stereocenters. The van der Waals surface area contributed by atoms with Gasteiger partial charge < -0.3 is 25.0 Å². The van der Waals surface area contributed by atoms with Crippen molar-refractivity contribution >= 4 is 7.82 Å². The van der Waals surface area contributed by atoms with Crippen LogP contribution in [0, 0.1) is 0 Å². The first-order valence-electron chi connectivity index (χ1n) is 9.97. The van der Waals surface area contributed by atoms with Gasteiger partial charge in [-0.1, -0.05) is 30.3 Å². The summed E-state index contributed by atoms with van der Waals surface area (Å²) in [6, 6.07) is 13.2. The molecule has 11 heteroatoms. The SMILES string of the molecule is N[C@@]1(COP(=O)(O)O)CC[C@@H](c2ccc(CCOc3cccc(OC(F)(F)F)c3)cc2)C1. The Bertz CT molecular complexity index is 949. The summed E-state index contributed by atoms with van der Waals surface area (Å²) in [6.45, 7) is 0.0856. The highest BCUT2D eigenvalue weighted by molar-refractivity contribution is 7.46. The molecule has 0 saturated heterocycles. The van der Waals surface area contributed by atoms with Gasteiger partial charge in [-0.05, 0) is 48.4 Å². The van der Waals surface area contributed by atoms with Crippen LogP contribution in [0.4, 0.5) is 13.2 Å². The van der Waals surface area contributed by atoms with Crippen LogP contribution in [0.15, 0.2) is 48.5 Å². The Morgan fingerprint density at radius 1 is 1.12 bits per heavy atom. The smallest absolute Gasteiger partial charge is 0.493 e. The van der Waals surface area contributed by atoms with Crippen molar-refractivity contribution in [1.82, 2.24) is 0 Å². The zero-order valence-corrected chi connectivity index (χ0v) is 18.0. The number of phosphoric ester groups is 1. The maximum absolute atomic E-state index is 12.3. The van der Waals surface area contributed by atoms with E-state index in [2.05, 4.69) is 9.26 Å². The monoisotopic (exact) mass is 475 g/mol. The molecule has 0 spiro atoms. The lowest BCUT2D eigenvalue weighted by Crippen LogP contribution is -2.41. The van der Waals surface area contributed by atoms with Gasteiger partial charge in [0.15, 0.2) is 0 Å². The second-order valence-electron chi connectivity index (χ2n) is 7.93. The molecule has 1 aliphatic rings. The molecular weight excluding hydrogens is 450 g/mol. The van der Waals surface area contributed by atoms with E-state index in [1.54, 1.807) is 6.07 Å². The Labute approximate surface area is 183 Å². The van der Waals surface area contributed by atoms with Crippen molar-refractivity contribution in [2.75, 3.05) is 13.2 Å². The van der Waals surface area contributed by atoms with Gasteiger partial charge in [0.2, 0.25) is 0 Å². The van der Waals surface area contributed by atoms with E-state index in [1.807, 2.05) is 24.3 Å². The van der Waals surface area contributed by atoms with Crippen LogP contribution in [0.1, 0.15) is 36.3 Å². The van der Waals surface area contributed by atoms with Gasteiger partial charge in [-0.15, -0.1) is 13.2 Å². The zero-order chi connectivity index (χ0) is 23.4. The fourth-order valence-electron chi connectivity index (χ4n) is 3.79. The Balaban J connectivity index is 1.48. The molecule has 0 amide bonds. The number of ether oxygens (including phenoxy) is 2. The van der Waals surface area contributed by atoms with Crippen molar-refractivity contribution in [1.29, 1.82) is 0 Å². The summed E-state index contributed by atoms with van der Waals surface area (Å²) < 4.78 is 61.9. The molecule has 0 aliphatic heterocycles. The van der Waals surface area contributed by atoms with Crippen molar-refractivity contribution in [3.8, 4) is 11.5 Å². The second-order valence-corrected chi connectivity index (χ2v) is 9.17. The van der Waals surface area contributed by atoms with E-state index >= 15 is 0 Å². The summed E-state index contributed by atoms with van der Waals surface area (Å²) in [5.41, 5.74) is 7.54. The van der Waals surface area contributed by atoms with Crippen LogP contribution >= 0.6 is 7.82 Å². The summed E-state index contributed by atoms with van der Waals surface area (Å²) in [4.78, 5) is 17.8. The Hall–Kier alpha value is -2.10. The summed E-state index contributed by atoms with van der Waals surface area (Å²) >= 11 is 0. The molecule has 0 aromatic heterocycles. The van der Waals surface area contributed by atoms with E-state index in [1.165, 1.54) is 18.2 Å². The third-order valence-corrected chi connectivity index (χ3v) is 5.78. The van der Waals surface area contributed by atoms with E-state index in [0.717, 1.165) is 17.5 Å². The molecule has 0 radical (unpaired) electrons. The van der Waals surface area contributed by atoms with E-state index in [4.69, 9.17) is 20.3 Å². The number of nitrogens with two attached hydrogens (primary N) is 1. The summed E-state index contributed by atoms with van der Waals surface area (Å²) in [5.74, 6) is 0.117. The maximum Gasteiger partial charge on any atom is 0.573 e. The van der Waals surface area contributed by atoms with Crippen molar-refractivity contribution in [3.05, 3.63) is 59.7 Å². The predicted molar refractivity (Wildman–Crippen MR) is 110 cm³/mol. The molecule has 3 rings (SSSR count). The van der Waals surface area contributed by atoms with Crippen LogP contribution < -0.4 is 15.2 Å². The molecule has 32 heavy (non-hydrogen) atoms. The number of rotatable bonds is 9. The summed E-state index contributed by atoms with van der Waals surface area (Å²) in [6.07, 6.45) is -2.24. The molecule has 2 aromatic carbocycles. The van der Waals surface area contributed by atoms with Gasteiger partial charge in [0.25, 0.3) is 0 Å². The lowest BCUT2D eigenvalue weighted by atomic mass is 9.93. The van der Waals surface area contributed by atoms with Gasteiger partial charge in [0.1, 0.15) is 11.5 Å². The normalized spacial score (nSPS) is 21.5. The number of phosphoric acid groups is 1. The Morgan fingerprint density at radius 3 is 2.47 bits per heavy atom. The molecule has 0 heterocycles. The minimum atomic E-state index is -4.75. The second kappa shape index (κ2) is 9.80. The quantitative estimate of drug-likeness (QED) is 0.464. The molecule has 2 aromatic rings. The van der Waals surface area contributed by atoms with Crippen molar-refractivity contribution < 1.29 is 41.5 Å². The molecule has 176 valence electrons. The minimum absolute atomic E-state index is 0.169.